The summed E-state index contributed by atoms with van der Waals surface area (Å²) < 4.78 is 2.27. The summed E-state index contributed by atoms with van der Waals surface area (Å²) in [6.07, 6.45) is 8.73. The zero-order valence-corrected chi connectivity index (χ0v) is 29.4. The highest BCUT2D eigenvalue weighted by atomic mass is 15.1. The molecule has 0 saturated carbocycles. The smallest absolute Gasteiger partial charge is 0.0714 e. The maximum atomic E-state index is 2.47. The van der Waals surface area contributed by atoms with Crippen molar-refractivity contribution in [1.82, 2.24) is 4.57 Å². The van der Waals surface area contributed by atoms with Gasteiger partial charge in [-0.25, -0.2) is 0 Å². The summed E-state index contributed by atoms with van der Waals surface area (Å²) in [4.78, 5) is 2.47. The van der Waals surface area contributed by atoms with Gasteiger partial charge in [0.05, 0.1) is 10.9 Å². The van der Waals surface area contributed by atoms with Crippen LogP contribution in [-0.4, -0.2) is 4.57 Å². The minimum absolute atomic E-state index is 0.445. The van der Waals surface area contributed by atoms with Crippen LogP contribution in [0.1, 0.15) is 40.7 Å². The zero-order chi connectivity index (χ0) is 35.2. The number of allylic oxidation sites excluding steroid dienone is 4. The molecule has 0 unspecified atom stereocenters. The van der Waals surface area contributed by atoms with Crippen LogP contribution in [-0.2, 0) is 5.41 Å². The predicted molar refractivity (Wildman–Crippen MR) is 221 cm³/mol. The van der Waals surface area contributed by atoms with Crippen LogP contribution in [0.3, 0.4) is 0 Å². The van der Waals surface area contributed by atoms with Crippen LogP contribution in [0.25, 0.3) is 33.3 Å². The summed E-state index contributed by atoms with van der Waals surface area (Å²) in [6, 6.07) is 68.8. The Kier molecular flexibility index (Phi) is 7.54. The van der Waals surface area contributed by atoms with Gasteiger partial charge in [0.2, 0.25) is 0 Å². The van der Waals surface area contributed by atoms with E-state index >= 15 is 0 Å². The number of aromatic nitrogens is 1. The SMILES string of the molecule is C1=C(c2ccc(-n3ccc4ccccc43)cc2)CCC(N(c2ccccc2)c2ccc3c(c2)C(c2ccccc2)(c2ccccc2)c2ccccc2-3)=C1. The molecule has 1 aromatic heterocycles. The van der Waals surface area contributed by atoms with E-state index in [4.69, 9.17) is 0 Å². The number of rotatable bonds is 7. The lowest BCUT2D eigenvalue weighted by atomic mass is 9.67. The molecule has 0 bridgehead atoms. The molecule has 2 aliphatic carbocycles. The Hall–Kier alpha value is -6.64. The second kappa shape index (κ2) is 12.8. The molecule has 53 heavy (non-hydrogen) atoms. The summed E-state index contributed by atoms with van der Waals surface area (Å²) in [7, 11) is 0. The first-order chi connectivity index (χ1) is 26.3. The molecular formula is C51H38N2. The molecular weight excluding hydrogens is 641 g/mol. The van der Waals surface area contributed by atoms with Gasteiger partial charge in [0.15, 0.2) is 0 Å². The lowest BCUT2D eigenvalue weighted by molar-refractivity contribution is 0.768. The van der Waals surface area contributed by atoms with Crippen LogP contribution in [0.5, 0.6) is 0 Å². The number of hydrogen-bond donors (Lipinski definition) is 0. The van der Waals surface area contributed by atoms with Crippen LogP contribution in [0, 0.1) is 0 Å². The fourth-order valence-electron chi connectivity index (χ4n) is 8.83. The van der Waals surface area contributed by atoms with E-state index in [1.807, 2.05) is 0 Å². The second-order valence-corrected chi connectivity index (χ2v) is 14.1. The molecule has 0 amide bonds. The first kappa shape index (κ1) is 31.1. The lowest BCUT2D eigenvalue weighted by Gasteiger charge is -2.35. The minimum atomic E-state index is -0.445. The summed E-state index contributed by atoms with van der Waals surface area (Å²) in [5.41, 5.74) is 16.0. The first-order valence-electron chi connectivity index (χ1n) is 18.6. The highest BCUT2D eigenvalue weighted by Crippen LogP contribution is 2.57. The van der Waals surface area contributed by atoms with Crippen LogP contribution >= 0.6 is 0 Å². The Balaban J connectivity index is 1.07. The summed E-state index contributed by atoms with van der Waals surface area (Å²) in [5, 5.41) is 1.26. The normalized spacial score (nSPS) is 14.3. The monoisotopic (exact) mass is 678 g/mol. The largest absolute Gasteiger partial charge is 0.317 e. The molecule has 0 atom stereocenters. The highest BCUT2D eigenvalue weighted by Gasteiger charge is 2.46. The van der Waals surface area contributed by atoms with Gasteiger partial charge in [-0.2, -0.15) is 0 Å². The van der Waals surface area contributed by atoms with Crippen molar-refractivity contribution in [3.63, 3.8) is 0 Å². The molecule has 2 aliphatic rings. The van der Waals surface area contributed by atoms with E-state index < -0.39 is 5.41 Å². The summed E-state index contributed by atoms with van der Waals surface area (Å²) >= 11 is 0. The van der Waals surface area contributed by atoms with Crippen LogP contribution in [0.4, 0.5) is 11.4 Å². The van der Waals surface area contributed by atoms with Crippen molar-refractivity contribution in [2.45, 2.75) is 18.3 Å². The van der Waals surface area contributed by atoms with Gasteiger partial charge >= 0.3 is 0 Å². The van der Waals surface area contributed by atoms with Gasteiger partial charge in [-0.05, 0) is 117 Å². The Morgan fingerprint density at radius 1 is 0.472 bits per heavy atom. The molecule has 1 heterocycles. The third-order valence-electron chi connectivity index (χ3n) is 11.2. The summed E-state index contributed by atoms with van der Waals surface area (Å²) in [6.45, 7) is 0. The molecule has 10 rings (SSSR count). The molecule has 0 N–H and O–H groups in total. The Labute approximate surface area is 311 Å². The number of fused-ring (bicyclic) bond motifs is 4. The fraction of sp³-hybridized carbons (Fsp3) is 0.0588. The van der Waals surface area contributed by atoms with Crippen molar-refractivity contribution in [1.29, 1.82) is 0 Å². The van der Waals surface area contributed by atoms with E-state index in [0.717, 1.165) is 12.8 Å². The molecule has 2 heteroatoms. The van der Waals surface area contributed by atoms with Crippen molar-refractivity contribution in [3.05, 3.63) is 240 Å². The number of nitrogens with zero attached hydrogens (tertiary/aromatic N) is 2. The average molecular weight is 679 g/mol. The topological polar surface area (TPSA) is 8.17 Å². The first-order valence-corrected chi connectivity index (χ1v) is 18.6. The number of hydrogen-bond acceptors (Lipinski definition) is 1. The van der Waals surface area contributed by atoms with E-state index in [2.05, 4.69) is 216 Å². The number of benzene rings is 7. The molecule has 8 aromatic rings. The van der Waals surface area contributed by atoms with Crippen LogP contribution in [0.15, 0.2) is 212 Å². The molecule has 0 radical (unpaired) electrons. The third kappa shape index (κ3) is 5.10. The maximum Gasteiger partial charge on any atom is 0.0714 e. The molecule has 2 nitrogen and oxygen atoms in total. The van der Waals surface area contributed by atoms with Gasteiger partial charge in [-0.1, -0.05) is 146 Å². The Bertz CT molecular complexity index is 2610. The highest BCUT2D eigenvalue weighted by molar-refractivity contribution is 5.89. The molecule has 252 valence electrons. The molecule has 0 fully saturated rings. The number of anilines is 2. The van der Waals surface area contributed by atoms with Crippen LogP contribution in [0.2, 0.25) is 0 Å². The lowest BCUT2D eigenvalue weighted by Crippen LogP contribution is -2.29. The van der Waals surface area contributed by atoms with Gasteiger partial charge in [0.1, 0.15) is 0 Å². The minimum Gasteiger partial charge on any atom is -0.317 e. The molecule has 0 spiro atoms. The molecule has 0 aliphatic heterocycles. The van der Waals surface area contributed by atoms with Crippen LogP contribution < -0.4 is 4.90 Å². The van der Waals surface area contributed by atoms with E-state index in [0.29, 0.717) is 0 Å². The quantitative estimate of drug-likeness (QED) is 0.163. The van der Waals surface area contributed by atoms with E-state index in [-0.39, 0.29) is 0 Å². The van der Waals surface area contributed by atoms with Crippen molar-refractivity contribution in [3.8, 4) is 16.8 Å². The van der Waals surface area contributed by atoms with Gasteiger partial charge in [-0.3, -0.25) is 0 Å². The fourth-order valence-corrected chi connectivity index (χ4v) is 8.83. The third-order valence-corrected chi connectivity index (χ3v) is 11.2. The van der Waals surface area contributed by atoms with E-state index in [9.17, 15) is 0 Å². The van der Waals surface area contributed by atoms with Crippen molar-refractivity contribution >= 4 is 27.9 Å². The number of para-hydroxylation sites is 2. The second-order valence-electron chi connectivity index (χ2n) is 14.1. The maximum absolute atomic E-state index is 2.47. The standard InChI is InChI=1S/C51H38N2/c1-4-15-40(16-5-1)51(41-17-6-2-7-18-41)48-22-12-11-21-46(48)47-33-32-45(36-49(47)51)53(43-19-8-3-9-20-43)44-30-26-38(27-31-44)37-24-28-42(29-25-37)52-35-34-39-14-10-13-23-50(39)52/h1-26,28-30,32-36H,27,31H2. The van der Waals surface area contributed by atoms with Gasteiger partial charge in [-0.15, -0.1) is 0 Å². The zero-order valence-electron chi connectivity index (χ0n) is 29.4. The molecule has 7 aromatic carbocycles. The average Bonchev–Trinajstić information content (AvgIpc) is 3.80. The Morgan fingerprint density at radius 3 is 1.83 bits per heavy atom. The predicted octanol–water partition coefficient (Wildman–Crippen LogP) is 12.9. The van der Waals surface area contributed by atoms with Crippen molar-refractivity contribution in [2.75, 3.05) is 4.90 Å². The summed E-state index contributed by atoms with van der Waals surface area (Å²) in [5.74, 6) is 0. The van der Waals surface area contributed by atoms with E-state index in [1.54, 1.807) is 0 Å². The van der Waals surface area contributed by atoms with Gasteiger partial charge in [0, 0.05) is 29.0 Å². The van der Waals surface area contributed by atoms with Crippen molar-refractivity contribution in [2.24, 2.45) is 0 Å². The molecule has 0 saturated heterocycles. The van der Waals surface area contributed by atoms with E-state index in [1.165, 1.54) is 78.2 Å². The van der Waals surface area contributed by atoms with Gasteiger partial charge < -0.3 is 9.47 Å². The van der Waals surface area contributed by atoms with Gasteiger partial charge in [0.25, 0.3) is 0 Å². The van der Waals surface area contributed by atoms with Crippen molar-refractivity contribution < 1.29 is 0 Å². The Morgan fingerprint density at radius 2 is 1.11 bits per heavy atom.